The van der Waals surface area contributed by atoms with Gasteiger partial charge in [0.05, 0.1) is 17.3 Å². The lowest BCUT2D eigenvalue weighted by atomic mass is 9.83. The number of nitrogens with zero attached hydrogens (tertiary/aromatic N) is 1. The lowest BCUT2D eigenvalue weighted by Gasteiger charge is -2.40. The third-order valence-electron chi connectivity index (χ3n) is 9.87. The molecular weight excluding hydrogens is 622 g/mol. The lowest BCUT2D eigenvalue weighted by Crippen LogP contribution is -2.63. The van der Waals surface area contributed by atoms with Gasteiger partial charge in [-0.25, -0.2) is 13.2 Å². The highest BCUT2D eigenvalue weighted by Crippen LogP contribution is 2.65. The minimum absolute atomic E-state index is 0.0174. The molecule has 12 nitrogen and oxygen atoms in total. The number of rotatable bonds is 13. The second kappa shape index (κ2) is 14.7. The van der Waals surface area contributed by atoms with Crippen molar-refractivity contribution in [2.75, 3.05) is 25.1 Å². The average Bonchev–Trinajstić information content (AvgIpc) is 3.27. The molecule has 47 heavy (non-hydrogen) atoms. The van der Waals surface area contributed by atoms with Crippen LogP contribution in [0.3, 0.4) is 0 Å². The van der Waals surface area contributed by atoms with E-state index in [-0.39, 0.29) is 55.4 Å². The van der Waals surface area contributed by atoms with Crippen LogP contribution in [0, 0.1) is 47.4 Å². The van der Waals surface area contributed by atoms with Crippen molar-refractivity contribution < 1.29 is 32.4 Å². The summed E-state index contributed by atoms with van der Waals surface area (Å²) in [5.41, 5.74) is -1.96. The maximum absolute atomic E-state index is 14.3. The van der Waals surface area contributed by atoms with E-state index in [4.69, 9.17) is 12.8 Å². The van der Waals surface area contributed by atoms with Gasteiger partial charge in [-0.05, 0) is 41.9 Å². The van der Waals surface area contributed by atoms with Gasteiger partial charge in [-0.2, -0.15) is 0 Å². The molecule has 4 N–H and O–H groups in total. The first-order valence-corrected chi connectivity index (χ1v) is 18.4. The van der Waals surface area contributed by atoms with Crippen molar-refractivity contribution >= 4 is 39.4 Å². The first kappa shape index (κ1) is 37.9. The predicted molar refractivity (Wildman–Crippen MR) is 178 cm³/mol. The van der Waals surface area contributed by atoms with Crippen LogP contribution >= 0.6 is 0 Å². The van der Waals surface area contributed by atoms with Crippen molar-refractivity contribution in [2.24, 2.45) is 22.7 Å². The number of ketones is 1. The minimum atomic E-state index is -3.41. The van der Waals surface area contributed by atoms with E-state index in [9.17, 15) is 32.4 Å². The molecule has 2 aliphatic carbocycles. The summed E-state index contributed by atoms with van der Waals surface area (Å²) in [5.74, 6) is 1.64. The summed E-state index contributed by atoms with van der Waals surface area (Å²) >= 11 is 0. The first-order valence-electron chi connectivity index (χ1n) is 16.3. The quantitative estimate of drug-likeness (QED) is 0.131. The number of urea groups is 1. The van der Waals surface area contributed by atoms with E-state index in [1.54, 1.807) is 20.8 Å². The monoisotopic (exact) mass is 673 g/mol. The highest BCUT2D eigenvalue weighted by molar-refractivity contribution is 7.90. The van der Waals surface area contributed by atoms with Gasteiger partial charge < -0.3 is 26.2 Å². The maximum Gasteiger partial charge on any atom is 0.315 e. The molecule has 3 rings (SSSR count). The molecule has 0 aromatic carbocycles. The van der Waals surface area contributed by atoms with Crippen LogP contribution in [-0.2, 0) is 29.0 Å². The number of sulfone groups is 1. The summed E-state index contributed by atoms with van der Waals surface area (Å²) in [5, 5.41) is 10.9. The third-order valence-corrected chi connectivity index (χ3v) is 10.9. The number of nitrogens with one attached hydrogen (secondary N) is 4. The molecule has 13 heteroatoms. The standard InChI is InChI=1S/C34H51N5O7S/c1-9-11-16-23(26(40)29(42)35-19-12-10-2)36-28(41)25-24-22(33(24,6)7)20-39(25)30(43)27(32(3,4)5)37-31(44)38-34(21-47(8,45)46)17-14-13-15-18-34/h1-2,22-25,27H,11-21H2,3-8H3,(H,35,42)(H,36,41)(H2,37,38,44)/t22-,23?,24-,25-,27+/m0/s1. The molecule has 1 heterocycles. The number of piperidine rings is 1. The van der Waals surface area contributed by atoms with Crippen LogP contribution in [0.4, 0.5) is 4.79 Å². The van der Waals surface area contributed by atoms with Gasteiger partial charge in [-0.15, -0.1) is 24.7 Å². The number of carbonyl (C=O) groups is 5. The fraction of sp³-hybridized carbons (Fsp3) is 0.735. The predicted octanol–water partition coefficient (Wildman–Crippen LogP) is 1.54. The minimum Gasteiger partial charge on any atom is -0.348 e. The molecule has 5 amide bonds. The average molecular weight is 674 g/mol. The molecule has 1 aliphatic heterocycles. The van der Waals surface area contributed by atoms with Gasteiger partial charge in [-0.1, -0.05) is 53.9 Å². The van der Waals surface area contributed by atoms with Crippen LogP contribution in [0.2, 0.25) is 0 Å². The zero-order valence-electron chi connectivity index (χ0n) is 28.5. The summed E-state index contributed by atoms with van der Waals surface area (Å²) < 4.78 is 24.6. The van der Waals surface area contributed by atoms with E-state index >= 15 is 0 Å². The van der Waals surface area contributed by atoms with E-state index in [1.165, 1.54) is 4.90 Å². The third kappa shape index (κ3) is 9.28. The van der Waals surface area contributed by atoms with Crippen molar-refractivity contribution in [3.8, 4) is 24.7 Å². The van der Waals surface area contributed by atoms with E-state index in [2.05, 4.69) is 33.1 Å². The first-order chi connectivity index (χ1) is 21.8. The normalized spacial score (nSPS) is 23.9. The Morgan fingerprint density at radius 2 is 1.60 bits per heavy atom. The van der Waals surface area contributed by atoms with Crippen molar-refractivity contribution in [3.05, 3.63) is 0 Å². The fourth-order valence-electron chi connectivity index (χ4n) is 7.32. The van der Waals surface area contributed by atoms with Gasteiger partial charge >= 0.3 is 6.03 Å². The summed E-state index contributed by atoms with van der Waals surface area (Å²) in [6.07, 6.45) is 15.7. The maximum atomic E-state index is 14.3. The Kier molecular flexibility index (Phi) is 11.8. The summed E-state index contributed by atoms with van der Waals surface area (Å²) in [4.78, 5) is 68.8. The molecule has 0 bridgehead atoms. The summed E-state index contributed by atoms with van der Waals surface area (Å²) in [6.45, 7) is 9.80. The zero-order chi connectivity index (χ0) is 35.4. The molecule has 0 aromatic heterocycles. The zero-order valence-corrected chi connectivity index (χ0v) is 29.3. The Morgan fingerprint density at radius 1 is 0.979 bits per heavy atom. The van der Waals surface area contributed by atoms with E-state index < -0.39 is 68.5 Å². The summed E-state index contributed by atoms with van der Waals surface area (Å²) in [7, 11) is -3.41. The topological polar surface area (TPSA) is 171 Å². The molecular formula is C34H51N5O7S. The van der Waals surface area contributed by atoms with Gasteiger partial charge in [0.2, 0.25) is 17.6 Å². The smallest absolute Gasteiger partial charge is 0.315 e. The molecule has 0 radical (unpaired) electrons. The van der Waals surface area contributed by atoms with Crippen LogP contribution in [-0.4, -0.2) is 91.6 Å². The van der Waals surface area contributed by atoms with Gasteiger partial charge in [-0.3, -0.25) is 19.2 Å². The molecule has 3 fully saturated rings. The van der Waals surface area contributed by atoms with Crippen LogP contribution in [0.5, 0.6) is 0 Å². The van der Waals surface area contributed by atoms with Crippen molar-refractivity contribution in [3.63, 3.8) is 0 Å². The number of hydrogen-bond donors (Lipinski definition) is 4. The van der Waals surface area contributed by atoms with Gasteiger partial charge in [0, 0.05) is 32.2 Å². The van der Waals surface area contributed by atoms with E-state index in [0.29, 0.717) is 12.8 Å². The van der Waals surface area contributed by atoms with Gasteiger partial charge in [0.1, 0.15) is 21.9 Å². The summed E-state index contributed by atoms with van der Waals surface area (Å²) in [6, 6.07) is -3.85. The molecule has 5 atom stereocenters. The highest BCUT2D eigenvalue weighted by atomic mass is 32.2. The molecule has 260 valence electrons. The number of terminal acetylenes is 2. The Morgan fingerprint density at radius 3 is 2.15 bits per heavy atom. The van der Waals surface area contributed by atoms with Gasteiger partial charge in [0.25, 0.3) is 5.91 Å². The number of hydrogen-bond acceptors (Lipinski definition) is 7. The van der Waals surface area contributed by atoms with Crippen molar-refractivity contribution in [1.82, 2.24) is 26.2 Å². The number of likely N-dealkylation sites (tertiary alicyclic amines) is 1. The molecule has 2 saturated carbocycles. The molecule has 0 aromatic rings. The number of amides is 5. The second-order valence-electron chi connectivity index (χ2n) is 15.1. The van der Waals surface area contributed by atoms with Crippen LogP contribution in [0.15, 0.2) is 0 Å². The van der Waals surface area contributed by atoms with Crippen LogP contribution in [0.25, 0.3) is 0 Å². The molecule has 1 unspecified atom stereocenters. The second-order valence-corrected chi connectivity index (χ2v) is 17.2. The number of carbonyl (C=O) groups excluding carboxylic acids is 5. The molecule has 3 aliphatic rings. The Bertz CT molecular complexity index is 1430. The van der Waals surface area contributed by atoms with Crippen molar-refractivity contribution in [2.45, 2.75) is 110 Å². The Balaban J connectivity index is 1.84. The number of fused-ring (bicyclic) bond motifs is 1. The highest BCUT2D eigenvalue weighted by Gasteiger charge is 2.70. The van der Waals surface area contributed by atoms with Crippen LogP contribution < -0.4 is 21.3 Å². The SMILES string of the molecule is C#CCCNC(=O)C(=O)C(CCC#C)NC(=O)[C@@H]1[C@@H]2[C@H](CN1C(=O)[C@@H](NC(=O)NC1(CS(C)(=O)=O)CCCCC1)C(C)(C)C)C2(C)C. The van der Waals surface area contributed by atoms with E-state index in [0.717, 1.165) is 25.5 Å². The lowest BCUT2D eigenvalue weighted by molar-refractivity contribution is -0.145. The molecule has 0 spiro atoms. The van der Waals surface area contributed by atoms with E-state index in [1.807, 2.05) is 13.8 Å². The Labute approximate surface area is 279 Å². The Hall–Kier alpha value is -3.58. The van der Waals surface area contributed by atoms with Gasteiger partial charge in [0.15, 0.2) is 0 Å². The van der Waals surface area contributed by atoms with Crippen molar-refractivity contribution in [1.29, 1.82) is 0 Å². The fourth-order valence-corrected chi connectivity index (χ4v) is 8.68. The largest absolute Gasteiger partial charge is 0.348 e. The van der Waals surface area contributed by atoms with Crippen LogP contribution in [0.1, 0.15) is 86.0 Å². The number of Topliss-reactive ketones (excluding diaryl/α,β-unsaturated/α-hetero) is 1. The molecule has 1 saturated heterocycles.